The van der Waals surface area contributed by atoms with Gasteiger partial charge in [-0.3, -0.25) is 0 Å². The first-order chi connectivity index (χ1) is 16.8. The Hall–Kier alpha value is -1.75. The molecule has 3 fully saturated rings. The summed E-state index contributed by atoms with van der Waals surface area (Å²) < 4.78 is 0. The maximum atomic E-state index is 10.8. The highest BCUT2D eigenvalue weighted by atomic mass is 16.3. The van der Waals surface area contributed by atoms with E-state index in [9.17, 15) is 5.11 Å². The molecule has 0 aromatic carbocycles. The molecule has 194 valence electrons. The van der Waals surface area contributed by atoms with Crippen molar-refractivity contribution in [1.82, 2.24) is 20.2 Å². The molecule has 3 aliphatic carbocycles. The van der Waals surface area contributed by atoms with Gasteiger partial charge >= 0.3 is 0 Å². The molecule has 5 nitrogen and oxygen atoms in total. The Bertz CT molecular complexity index is 901. The monoisotopic (exact) mass is 480 g/mol. The van der Waals surface area contributed by atoms with E-state index in [0.29, 0.717) is 18.4 Å². The largest absolute Gasteiger partial charge is 0.392 e. The molecule has 1 aromatic rings. The third-order valence-electron chi connectivity index (χ3n) is 9.69. The predicted molar refractivity (Wildman–Crippen MR) is 142 cm³/mol. The van der Waals surface area contributed by atoms with Gasteiger partial charge in [-0.25, -0.2) is 0 Å². The fourth-order valence-corrected chi connectivity index (χ4v) is 7.64. The lowest BCUT2D eigenvalue weighted by atomic mass is 9.60. The van der Waals surface area contributed by atoms with E-state index in [2.05, 4.69) is 61.8 Å². The van der Waals surface area contributed by atoms with Gasteiger partial charge in [0.15, 0.2) is 6.33 Å². The minimum Gasteiger partial charge on any atom is -0.392 e. The van der Waals surface area contributed by atoms with E-state index >= 15 is 0 Å². The summed E-state index contributed by atoms with van der Waals surface area (Å²) in [5, 5.41) is 22.6. The van der Waals surface area contributed by atoms with Gasteiger partial charge < -0.3 is 5.11 Å². The molecule has 6 atom stereocenters. The van der Waals surface area contributed by atoms with E-state index in [0.717, 1.165) is 36.5 Å². The van der Waals surface area contributed by atoms with E-state index in [-0.39, 0.29) is 12.0 Å². The summed E-state index contributed by atoms with van der Waals surface area (Å²) in [6, 6.07) is 0. The molecule has 1 aromatic heterocycles. The molecular weight excluding hydrogens is 432 g/mol. The average molecular weight is 481 g/mol. The van der Waals surface area contributed by atoms with Gasteiger partial charge in [0.1, 0.15) is 0 Å². The van der Waals surface area contributed by atoms with Gasteiger partial charge in [0, 0.05) is 0 Å². The van der Waals surface area contributed by atoms with Crippen molar-refractivity contribution in [3.8, 4) is 0 Å². The highest BCUT2D eigenvalue weighted by molar-refractivity contribution is 5.37. The molecule has 0 aliphatic heterocycles. The summed E-state index contributed by atoms with van der Waals surface area (Å²) in [7, 11) is 0. The number of aromatic nitrogens is 4. The second-order valence-corrected chi connectivity index (χ2v) is 12.5. The Labute approximate surface area is 213 Å². The number of aliphatic hydroxyl groups is 1. The van der Waals surface area contributed by atoms with Crippen LogP contribution in [0.15, 0.2) is 41.8 Å². The summed E-state index contributed by atoms with van der Waals surface area (Å²) in [6.45, 7) is 14.9. The molecule has 1 heterocycles. The third kappa shape index (κ3) is 6.15. The Morgan fingerprint density at radius 2 is 2.03 bits per heavy atom. The van der Waals surface area contributed by atoms with Gasteiger partial charge in [-0.2, -0.15) is 4.80 Å². The molecule has 3 saturated carbocycles. The van der Waals surface area contributed by atoms with Crippen molar-refractivity contribution in [2.45, 2.75) is 111 Å². The highest BCUT2D eigenvalue weighted by Crippen LogP contribution is 2.60. The number of allylic oxidation sites excluding steroid dienone is 4. The Kier molecular flexibility index (Phi) is 8.67. The summed E-state index contributed by atoms with van der Waals surface area (Å²) in [5.74, 6) is 3.46. The average Bonchev–Trinajstić information content (AvgIpc) is 3.45. The predicted octanol–water partition coefficient (Wildman–Crippen LogP) is 6.92. The molecule has 3 aliphatic rings. The van der Waals surface area contributed by atoms with E-state index in [1.165, 1.54) is 68.8 Å². The molecule has 0 radical (unpaired) electrons. The van der Waals surface area contributed by atoms with E-state index < -0.39 is 0 Å². The number of hydrogen-bond acceptors (Lipinski definition) is 4. The zero-order valence-electron chi connectivity index (χ0n) is 22.6. The normalized spacial score (nSPS) is 34.6. The fourth-order valence-electron chi connectivity index (χ4n) is 7.64. The first-order valence-corrected chi connectivity index (χ1v) is 14.2. The minimum absolute atomic E-state index is 0.212. The van der Waals surface area contributed by atoms with Crippen molar-refractivity contribution in [3.63, 3.8) is 0 Å². The lowest BCUT2D eigenvalue weighted by molar-refractivity contribution is 0.0897. The van der Waals surface area contributed by atoms with Crippen molar-refractivity contribution in [3.05, 3.63) is 41.8 Å². The molecule has 1 unspecified atom stereocenters. The number of hydrogen-bond donors (Lipinski definition) is 1. The van der Waals surface area contributed by atoms with Crippen molar-refractivity contribution in [2.75, 3.05) is 0 Å². The standard InChI is InChI=1S/C30H48N4O/c1-21(2)8-6-9-22(3)27-13-14-28-24(10-7-16-30(27,28)5)11-12-25-19-29(35)26(18-23(25)4)15-17-34-32-20-31-33-34/h11-12,20-22,26-29,35H,4,6-10,13-19H2,1-3,5H3/b24-11+,25-12-/t22-,26?,27-,28+,29-,30-/m1/s1. The summed E-state index contributed by atoms with van der Waals surface area (Å²) in [5.41, 5.74) is 4.54. The number of tetrazole rings is 1. The van der Waals surface area contributed by atoms with Gasteiger partial charge in [-0.1, -0.05) is 76.8 Å². The van der Waals surface area contributed by atoms with Crippen LogP contribution in [-0.4, -0.2) is 31.4 Å². The van der Waals surface area contributed by atoms with Crippen LogP contribution in [0.2, 0.25) is 0 Å². The number of aryl methyl sites for hydroxylation is 1. The van der Waals surface area contributed by atoms with Crippen LogP contribution in [0.5, 0.6) is 0 Å². The first-order valence-electron chi connectivity index (χ1n) is 14.2. The zero-order chi connectivity index (χ0) is 25.0. The molecular formula is C30H48N4O. The topological polar surface area (TPSA) is 63.8 Å². The Morgan fingerprint density at radius 3 is 2.77 bits per heavy atom. The second kappa shape index (κ2) is 11.5. The van der Waals surface area contributed by atoms with Crippen LogP contribution in [-0.2, 0) is 6.54 Å². The quantitative estimate of drug-likeness (QED) is 0.416. The molecule has 5 heteroatoms. The van der Waals surface area contributed by atoms with Crippen LogP contribution in [0, 0.1) is 35.0 Å². The SMILES string of the molecule is C=C1CC(CCn2ncnn2)[C@H](O)C/C1=C/C=C1\CCC[C@]2(C)[C@@H]([C@H](C)CCCC(C)C)CC[C@@H]12. The Balaban J connectivity index is 1.38. The van der Waals surface area contributed by atoms with E-state index in [1.54, 1.807) is 10.4 Å². The molecule has 0 saturated heterocycles. The summed E-state index contributed by atoms with van der Waals surface area (Å²) >= 11 is 0. The first kappa shape index (κ1) is 26.3. The van der Waals surface area contributed by atoms with Gasteiger partial charge in [-0.05, 0) is 97.2 Å². The van der Waals surface area contributed by atoms with E-state index in [1.807, 2.05) is 0 Å². The molecule has 0 bridgehead atoms. The molecule has 35 heavy (non-hydrogen) atoms. The minimum atomic E-state index is -0.326. The number of rotatable bonds is 9. The number of aliphatic hydroxyl groups excluding tert-OH is 1. The van der Waals surface area contributed by atoms with Gasteiger partial charge in [0.25, 0.3) is 0 Å². The van der Waals surface area contributed by atoms with Crippen LogP contribution in [0.4, 0.5) is 0 Å². The summed E-state index contributed by atoms with van der Waals surface area (Å²) in [6.07, 6.45) is 19.1. The molecule has 1 N–H and O–H groups in total. The van der Waals surface area contributed by atoms with Crippen molar-refractivity contribution in [1.29, 1.82) is 0 Å². The summed E-state index contributed by atoms with van der Waals surface area (Å²) in [4.78, 5) is 1.60. The van der Waals surface area contributed by atoms with Crippen molar-refractivity contribution < 1.29 is 5.11 Å². The maximum absolute atomic E-state index is 10.8. The lowest BCUT2D eigenvalue weighted by Crippen LogP contribution is -2.36. The van der Waals surface area contributed by atoms with Crippen LogP contribution in [0.3, 0.4) is 0 Å². The molecule has 4 rings (SSSR count). The third-order valence-corrected chi connectivity index (χ3v) is 9.69. The second-order valence-electron chi connectivity index (χ2n) is 12.5. The smallest absolute Gasteiger partial charge is 0.162 e. The van der Waals surface area contributed by atoms with Crippen LogP contribution in [0.25, 0.3) is 0 Å². The van der Waals surface area contributed by atoms with Gasteiger partial charge in [0.2, 0.25) is 0 Å². The molecule has 0 spiro atoms. The molecule has 0 amide bonds. The van der Waals surface area contributed by atoms with Crippen LogP contribution >= 0.6 is 0 Å². The van der Waals surface area contributed by atoms with Gasteiger partial charge in [0.05, 0.1) is 12.6 Å². The van der Waals surface area contributed by atoms with Crippen molar-refractivity contribution >= 4 is 0 Å². The van der Waals surface area contributed by atoms with Gasteiger partial charge in [-0.15, -0.1) is 10.2 Å². The van der Waals surface area contributed by atoms with Crippen LogP contribution in [0.1, 0.15) is 98.3 Å². The van der Waals surface area contributed by atoms with E-state index in [4.69, 9.17) is 0 Å². The zero-order valence-corrected chi connectivity index (χ0v) is 22.6. The number of fused-ring (bicyclic) bond motifs is 1. The Morgan fingerprint density at radius 1 is 1.20 bits per heavy atom. The van der Waals surface area contributed by atoms with Crippen molar-refractivity contribution in [2.24, 2.45) is 35.0 Å². The fraction of sp³-hybridized carbons (Fsp3) is 0.767. The highest BCUT2D eigenvalue weighted by Gasteiger charge is 2.50. The lowest BCUT2D eigenvalue weighted by Gasteiger charge is -2.44. The van der Waals surface area contributed by atoms with Crippen LogP contribution < -0.4 is 0 Å². The number of nitrogens with zero attached hydrogens (tertiary/aromatic N) is 4. The maximum Gasteiger partial charge on any atom is 0.162 e.